The maximum absolute atomic E-state index is 13.6. The summed E-state index contributed by atoms with van der Waals surface area (Å²) in [5, 5.41) is 20.6. The number of aromatic nitrogens is 1. The maximum Gasteiger partial charge on any atom is 0.341 e. The molecular formula is C24H28N2O9S. The minimum atomic E-state index is -3.95. The number of hydrogen-bond donors (Lipinski definition) is 3. The number of aromatic carboxylic acids is 1. The highest BCUT2D eigenvalue weighted by molar-refractivity contribution is 7.92. The summed E-state index contributed by atoms with van der Waals surface area (Å²) in [5.74, 6) is -2.19. The first-order chi connectivity index (χ1) is 17.1. The molecule has 1 fully saturated rings. The van der Waals surface area contributed by atoms with Crippen LogP contribution in [0.5, 0.6) is 5.75 Å². The van der Waals surface area contributed by atoms with Gasteiger partial charge in [0, 0.05) is 44.4 Å². The predicted octanol–water partition coefficient (Wildman–Crippen LogP) is 2.70. The molecule has 1 aromatic carbocycles. The molecule has 2 heterocycles. The van der Waals surface area contributed by atoms with Gasteiger partial charge in [-0.25, -0.2) is 13.2 Å². The van der Waals surface area contributed by atoms with Crippen LogP contribution < -0.4 is 15.6 Å². The Morgan fingerprint density at radius 3 is 2.50 bits per heavy atom. The molecule has 12 heteroatoms. The number of ether oxygens (including phenoxy) is 2. The van der Waals surface area contributed by atoms with Gasteiger partial charge in [-0.05, 0) is 37.5 Å². The van der Waals surface area contributed by atoms with Gasteiger partial charge >= 0.3 is 11.9 Å². The van der Waals surface area contributed by atoms with Gasteiger partial charge in [-0.3, -0.25) is 9.59 Å². The number of nitrogens with zero attached hydrogens (tertiary/aromatic N) is 1. The zero-order valence-electron chi connectivity index (χ0n) is 19.9. The van der Waals surface area contributed by atoms with Gasteiger partial charge in [0.05, 0.1) is 34.6 Å². The van der Waals surface area contributed by atoms with E-state index in [-0.39, 0.29) is 47.4 Å². The second-order valence-corrected chi connectivity index (χ2v) is 11.1. The molecule has 0 saturated heterocycles. The Morgan fingerprint density at radius 2 is 1.89 bits per heavy atom. The molecule has 2 aromatic rings. The van der Waals surface area contributed by atoms with Crippen LogP contribution in [0.25, 0.3) is 11.3 Å². The van der Waals surface area contributed by atoms with Crippen molar-refractivity contribution in [3.63, 3.8) is 0 Å². The first-order valence-corrected chi connectivity index (χ1v) is 13.1. The van der Waals surface area contributed by atoms with E-state index in [1.807, 2.05) is 0 Å². The average Bonchev–Trinajstić information content (AvgIpc) is 3.65. The molecule has 1 saturated carbocycles. The number of pyridine rings is 1. The van der Waals surface area contributed by atoms with Crippen LogP contribution in [0.3, 0.4) is 0 Å². The quantitative estimate of drug-likeness (QED) is 0.376. The third kappa shape index (κ3) is 4.70. The molecule has 1 atom stereocenters. The van der Waals surface area contributed by atoms with E-state index in [0.29, 0.717) is 37.3 Å². The summed E-state index contributed by atoms with van der Waals surface area (Å²) in [6.45, 7) is 2.21. The summed E-state index contributed by atoms with van der Waals surface area (Å²) in [6, 6.07) is 3.88. The summed E-state index contributed by atoms with van der Waals surface area (Å²) in [6.07, 6.45) is 1.72. The van der Waals surface area contributed by atoms with Crippen LogP contribution >= 0.6 is 0 Å². The average molecular weight is 521 g/mol. The number of carbonyl (C=O) groups is 2. The van der Waals surface area contributed by atoms with Gasteiger partial charge in [-0.2, -0.15) is 0 Å². The van der Waals surface area contributed by atoms with Gasteiger partial charge in [0.1, 0.15) is 11.3 Å². The molecule has 11 nitrogen and oxygen atoms in total. The van der Waals surface area contributed by atoms with Crippen molar-refractivity contribution in [2.75, 3.05) is 32.2 Å². The lowest BCUT2D eigenvalue weighted by molar-refractivity contribution is -0.136. The summed E-state index contributed by atoms with van der Waals surface area (Å²) >= 11 is 0. The number of anilines is 1. The van der Waals surface area contributed by atoms with E-state index in [2.05, 4.69) is 5.32 Å². The Labute approximate surface area is 207 Å². The van der Waals surface area contributed by atoms with Crippen molar-refractivity contribution in [1.82, 2.24) is 4.57 Å². The standard InChI is InChI=1S/C24H28N2O9S/c1-13-15-10-17(24(30)31)23(29)26(14-4-5-14)22(15)16-11-18(25-7-6-21(27)28)19(35-9-3-8-34-2)12-20(16)36(13,32)33/h10-14,25H,3-9H2,1-2H3,(H,27,28)(H,30,31). The number of nitrogens with one attached hydrogen (secondary N) is 1. The van der Waals surface area contributed by atoms with Gasteiger partial charge in [-0.15, -0.1) is 0 Å². The van der Waals surface area contributed by atoms with Crippen LogP contribution in [-0.4, -0.2) is 62.0 Å². The van der Waals surface area contributed by atoms with E-state index >= 15 is 0 Å². The third-order valence-electron chi connectivity index (χ3n) is 6.36. The Kier molecular flexibility index (Phi) is 7.10. The molecule has 1 aliphatic heterocycles. The van der Waals surface area contributed by atoms with Crippen molar-refractivity contribution >= 4 is 27.5 Å². The van der Waals surface area contributed by atoms with Crippen molar-refractivity contribution in [3.05, 3.63) is 39.7 Å². The molecule has 0 radical (unpaired) electrons. The largest absolute Gasteiger partial charge is 0.491 e. The minimum absolute atomic E-state index is 0.0232. The van der Waals surface area contributed by atoms with E-state index < -0.39 is 38.1 Å². The number of fused-ring (bicyclic) bond motifs is 3. The fraction of sp³-hybridized carbons (Fsp3) is 0.458. The van der Waals surface area contributed by atoms with E-state index in [9.17, 15) is 27.9 Å². The van der Waals surface area contributed by atoms with Crippen molar-refractivity contribution in [2.45, 2.75) is 48.8 Å². The molecule has 3 N–H and O–H groups in total. The number of hydrogen-bond acceptors (Lipinski definition) is 8. The van der Waals surface area contributed by atoms with Crippen molar-refractivity contribution < 1.29 is 37.7 Å². The Hall–Kier alpha value is -3.38. The fourth-order valence-electron chi connectivity index (χ4n) is 4.37. The molecule has 0 spiro atoms. The normalized spacial score (nSPS) is 17.7. The van der Waals surface area contributed by atoms with Crippen LogP contribution in [0.15, 0.2) is 27.9 Å². The number of methoxy groups -OCH3 is 1. The van der Waals surface area contributed by atoms with E-state index in [4.69, 9.17) is 14.6 Å². The number of aliphatic carboxylic acids is 1. The van der Waals surface area contributed by atoms with Gasteiger partial charge < -0.3 is 29.6 Å². The topological polar surface area (TPSA) is 161 Å². The number of benzene rings is 1. The summed E-state index contributed by atoms with van der Waals surface area (Å²) in [5.41, 5.74) is 0.102. The maximum atomic E-state index is 13.6. The Balaban J connectivity index is 1.93. The molecule has 1 unspecified atom stereocenters. The minimum Gasteiger partial charge on any atom is -0.491 e. The molecule has 36 heavy (non-hydrogen) atoms. The van der Waals surface area contributed by atoms with Crippen LogP contribution in [0, 0.1) is 0 Å². The van der Waals surface area contributed by atoms with Crippen LogP contribution in [0.2, 0.25) is 0 Å². The smallest absolute Gasteiger partial charge is 0.341 e. The fourth-order valence-corrected chi connectivity index (χ4v) is 6.00. The van der Waals surface area contributed by atoms with Gasteiger partial charge in [0.25, 0.3) is 5.56 Å². The Morgan fingerprint density at radius 1 is 1.17 bits per heavy atom. The van der Waals surface area contributed by atoms with Crippen LogP contribution in [-0.2, 0) is 19.4 Å². The van der Waals surface area contributed by atoms with E-state index in [0.717, 1.165) is 6.07 Å². The molecule has 0 amide bonds. The second-order valence-electron chi connectivity index (χ2n) is 8.87. The number of carboxylic acids is 2. The zero-order valence-corrected chi connectivity index (χ0v) is 20.8. The summed E-state index contributed by atoms with van der Waals surface area (Å²) in [4.78, 5) is 36.0. The third-order valence-corrected chi connectivity index (χ3v) is 8.49. The molecule has 1 aliphatic carbocycles. The zero-order chi connectivity index (χ0) is 26.2. The molecule has 194 valence electrons. The Bertz CT molecular complexity index is 1380. The number of rotatable bonds is 11. The monoisotopic (exact) mass is 520 g/mol. The summed E-state index contributed by atoms with van der Waals surface area (Å²) in [7, 11) is -2.40. The van der Waals surface area contributed by atoms with E-state index in [1.54, 1.807) is 13.2 Å². The van der Waals surface area contributed by atoms with Crippen molar-refractivity contribution in [1.29, 1.82) is 0 Å². The molecule has 4 rings (SSSR count). The molecular weight excluding hydrogens is 492 g/mol. The van der Waals surface area contributed by atoms with Crippen LogP contribution in [0.1, 0.15) is 59.8 Å². The lowest BCUT2D eigenvalue weighted by atomic mass is 9.99. The van der Waals surface area contributed by atoms with Gasteiger partial charge in [0.15, 0.2) is 9.84 Å². The van der Waals surface area contributed by atoms with Crippen molar-refractivity contribution in [3.8, 4) is 17.0 Å². The van der Waals surface area contributed by atoms with E-state index in [1.165, 1.54) is 17.6 Å². The highest BCUT2D eigenvalue weighted by Gasteiger charge is 2.41. The number of carboxylic acid groups (broad SMARTS) is 2. The number of sulfone groups is 1. The summed E-state index contributed by atoms with van der Waals surface area (Å²) < 4.78 is 39.4. The SMILES string of the molecule is COCCCOc1cc2c(cc1NCCC(=O)O)-c1c(cc(C(=O)O)c(=O)n1C1CC1)C(C)S2(=O)=O. The lowest BCUT2D eigenvalue weighted by Crippen LogP contribution is -2.32. The molecule has 1 aromatic heterocycles. The molecule has 0 bridgehead atoms. The predicted molar refractivity (Wildman–Crippen MR) is 130 cm³/mol. The first kappa shape index (κ1) is 25.7. The highest BCUT2D eigenvalue weighted by atomic mass is 32.2. The first-order valence-electron chi connectivity index (χ1n) is 11.6. The van der Waals surface area contributed by atoms with Gasteiger partial charge in [-0.1, -0.05) is 0 Å². The van der Waals surface area contributed by atoms with Crippen LogP contribution in [0.4, 0.5) is 5.69 Å². The second kappa shape index (κ2) is 9.94. The lowest BCUT2D eigenvalue weighted by Gasteiger charge is -2.30. The highest BCUT2D eigenvalue weighted by Crippen LogP contribution is 2.50. The van der Waals surface area contributed by atoms with Crippen molar-refractivity contribution in [2.24, 2.45) is 0 Å². The molecule has 2 aliphatic rings. The van der Waals surface area contributed by atoms with Gasteiger partial charge in [0.2, 0.25) is 0 Å².